The van der Waals surface area contributed by atoms with E-state index in [4.69, 9.17) is 4.74 Å². The van der Waals surface area contributed by atoms with Gasteiger partial charge in [0.25, 0.3) is 5.91 Å². The maximum Gasteiger partial charge on any atom is 0.257 e. The van der Waals surface area contributed by atoms with Gasteiger partial charge in [-0.3, -0.25) is 9.89 Å². The summed E-state index contributed by atoms with van der Waals surface area (Å²) in [4.78, 5) is 23.4. The standard InChI is InChI=1S/C17H23N5O2/c1-3-24-11-15-7-18-12(2)21-16(15)13-5-4-6-22(10-13)17(23)14-8-19-20-9-14/h7-9,13H,3-6,10-11H2,1-2H3,(H,19,20). The van der Waals surface area contributed by atoms with E-state index in [1.54, 1.807) is 12.4 Å². The Morgan fingerprint density at radius 1 is 1.46 bits per heavy atom. The fourth-order valence-corrected chi connectivity index (χ4v) is 3.12. The maximum absolute atomic E-state index is 12.6. The summed E-state index contributed by atoms with van der Waals surface area (Å²) in [5, 5.41) is 6.56. The summed E-state index contributed by atoms with van der Waals surface area (Å²) in [6.45, 7) is 6.47. The Morgan fingerprint density at radius 3 is 3.08 bits per heavy atom. The molecule has 3 heterocycles. The molecule has 1 atom stereocenters. The average molecular weight is 329 g/mol. The SMILES string of the molecule is CCOCc1cnc(C)nc1C1CCCN(C(=O)c2cn[nH]c2)C1. The lowest BCUT2D eigenvalue weighted by Crippen LogP contribution is -2.39. The molecule has 1 aliphatic rings. The van der Waals surface area contributed by atoms with Crippen molar-refractivity contribution in [1.82, 2.24) is 25.1 Å². The van der Waals surface area contributed by atoms with E-state index >= 15 is 0 Å². The first-order valence-electron chi connectivity index (χ1n) is 8.37. The van der Waals surface area contributed by atoms with Crippen LogP contribution < -0.4 is 0 Å². The summed E-state index contributed by atoms with van der Waals surface area (Å²) in [6, 6.07) is 0. The lowest BCUT2D eigenvalue weighted by atomic mass is 9.91. The molecule has 3 rings (SSSR count). The molecule has 1 fully saturated rings. The molecule has 0 spiro atoms. The van der Waals surface area contributed by atoms with E-state index in [9.17, 15) is 4.79 Å². The third-order valence-corrected chi connectivity index (χ3v) is 4.32. The van der Waals surface area contributed by atoms with E-state index < -0.39 is 0 Å². The number of likely N-dealkylation sites (tertiary alicyclic amines) is 1. The molecular formula is C17H23N5O2. The topological polar surface area (TPSA) is 84.0 Å². The van der Waals surface area contributed by atoms with Crippen LogP contribution in [0.1, 0.15) is 53.1 Å². The van der Waals surface area contributed by atoms with Gasteiger partial charge in [-0.05, 0) is 26.7 Å². The molecule has 0 bridgehead atoms. The monoisotopic (exact) mass is 329 g/mol. The summed E-state index contributed by atoms with van der Waals surface area (Å²) in [6.07, 6.45) is 7.04. The minimum atomic E-state index is 0.0191. The molecule has 7 heteroatoms. The number of hydrogen-bond donors (Lipinski definition) is 1. The Labute approximate surface area is 141 Å². The highest BCUT2D eigenvalue weighted by molar-refractivity contribution is 5.93. The third-order valence-electron chi connectivity index (χ3n) is 4.32. The molecular weight excluding hydrogens is 306 g/mol. The van der Waals surface area contributed by atoms with E-state index in [2.05, 4.69) is 20.2 Å². The second-order valence-corrected chi connectivity index (χ2v) is 6.04. The fourth-order valence-electron chi connectivity index (χ4n) is 3.12. The fraction of sp³-hybridized carbons (Fsp3) is 0.529. The molecule has 1 saturated heterocycles. The van der Waals surface area contributed by atoms with Crippen LogP contribution in [-0.2, 0) is 11.3 Å². The van der Waals surface area contributed by atoms with Crippen molar-refractivity contribution in [3.05, 3.63) is 41.2 Å². The van der Waals surface area contributed by atoms with Crippen molar-refractivity contribution in [3.63, 3.8) is 0 Å². The number of nitrogens with one attached hydrogen (secondary N) is 1. The van der Waals surface area contributed by atoms with Gasteiger partial charge in [-0.15, -0.1) is 0 Å². The van der Waals surface area contributed by atoms with Gasteiger partial charge < -0.3 is 9.64 Å². The number of carbonyl (C=O) groups excluding carboxylic acids is 1. The Kier molecular flexibility index (Phi) is 5.20. The number of aromatic amines is 1. The van der Waals surface area contributed by atoms with Crippen LogP contribution in [0.15, 0.2) is 18.6 Å². The van der Waals surface area contributed by atoms with Crippen molar-refractivity contribution >= 4 is 5.91 Å². The Hall–Kier alpha value is -2.28. The predicted octanol–water partition coefficient (Wildman–Crippen LogP) is 2.06. The first-order chi connectivity index (χ1) is 11.7. The molecule has 0 saturated carbocycles. The minimum Gasteiger partial charge on any atom is -0.377 e. The van der Waals surface area contributed by atoms with Crippen molar-refractivity contribution < 1.29 is 9.53 Å². The largest absolute Gasteiger partial charge is 0.377 e. The molecule has 128 valence electrons. The highest BCUT2D eigenvalue weighted by Gasteiger charge is 2.28. The van der Waals surface area contributed by atoms with E-state index in [0.717, 1.165) is 36.5 Å². The molecule has 0 aliphatic carbocycles. The van der Waals surface area contributed by atoms with Crippen LogP contribution in [0.25, 0.3) is 0 Å². The van der Waals surface area contributed by atoms with Gasteiger partial charge in [-0.25, -0.2) is 9.97 Å². The zero-order valence-electron chi connectivity index (χ0n) is 14.2. The first kappa shape index (κ1) is 16.6. The Balaban J connectivity index is 1.79. The lowest BCUT2D eigenvalue weighted by molar-refractivity contribution is 0.0704. The minimum absolute atomic E-state index is 0.0191. The van der Waals surface area contributed by atoms with Crippen LogP contribution in [0.2, 0.25) is 0 Å². The number of hydrogen-bond acceptors (Lipinski definition) is 5. The molecule has 1 aliphatic heterocycles. The zero-order chi connectivity index (χ0) is 16.9. The van der Waals surface area contributed by atoms with E-state index in [0.29, 0.717) is 25.3 Å². The molecule has 24 heavy (non-hydrogen) atoms. The number of H-pyrrole nitrogens is 1. The smallest absolute Gasteiger partial charge is 0.257 e. The molecule has 7 nitrogen and oxygen atoms in total. The van der Waals surface area contributed by atoms with Gasteiger partial charge >= 0.3 is 0 Å². The number of rotatable bonds is 5. The van der Waals surface area contributed by atoms with Gasteiger partial charge in [-0.1, -0.05) is 0 Å². The third kappa shape index (κ3) is 3.62. The highest BCUT2D eigenvalue weighted by Crippen LogP contribution is 2.29. The van der Waals surface area contributed by atoms with Crippen molar-refractivity contribution in [2.45, 2.75) is 39.2 Å². The number of aromatic nitrogens is 4. The van der Waals surface area contributed by atoms with Crippen molar-refractivity contribution in [3.8, 4) is 0 Å². The highest BCUT2D eigenvalue weighted by atomic mass is 16.5. The summed E-state index contributed by atoms with van der Waals surface area (Å²) in [7, 11) is 0. The summed E-state index contributed by atoms with van der Waals surface area (Å²) >= 11 is 0. The van der Waals surface area contributed by atoms with Crippen LogP contribution in [0, 0.1) is 6.92 Å². The molecule has 2 aromatic heterocycles. The van der Waals surface area contributed by atoms with Crippen molar-refractivity contribution in [2.75, 3.05) is 19.7 Å². The van der Waals surface area contributed by atoms with Gasteiger partial charge in [0.1, 0.15) is 5.82 Å². The van der Waals surface area contributed by atoms with Crippen LogP contribution in [0.3, 0.4) is 0 Å². The van der Waals surface area contributed by atoms with Gasteiger partial charge in [-0.2, -0.15) is 5.10 Å². The van der Waals surface area contributed by atoms with E-state index in [-0.39, 0.29) is 11.8 Å². The summed E-state index contributed by atoms with van der Waals surface area (Å²) in [5.41, 5.74) is 2.63. The first-order valence-corrected chi connectivity index (χ1v) is 8.37. The van der Waals surface area contributed by atoms with Crippen molar-refractivity contribution in [1.29, 1.82) is 0 Å². The summed E-state index contributed by atoms with van der Waals surface area (Å²) < 4.78 is 5.55. The second-order valence-electron chi connectivity index (χ2n) is 6.04. The van der Waals surface area contributed by atoms with Crippen molar-refractivity contribution in [2.24, 2.45) is 0 Å². The van der Waals surface area contributed by atoms with Crippen LogP contribution >= 0.6 is 0 Å². The quantitative estimate of drug-likeness (QED) is 0.908. The lowest BCUT2D eigenvalue weighted by Gasteiger charge is -2.33. The van der Waals surface area contributed by atoms with Gasteiger partial charge in [0.15, 0.2) is 0 Å². The number of amides is 1. The average Bonchev–Trinajstić information content (AvgIpc) is 3.14. The number of carbonyl (C=O) groups is 1. The number of piperidine rings is 1. The number of nitrogens with zero attached hydrogens (tertiary/aromatic N) is 4. The molecule has 1 amide bonds. The Morgan fingerprint density at radius 2 is 2.33 bits per heavy atom. The number of aryl methyl sites for hydroxylation is 1. The van der Waals surface area contributed by atoms with Gasteiger partial charge in [0.05, 0.1) is 24.1 Å². The molecule has 0 radical (unpaired) electrons. The normalized spacial score (nSPS) is 17.9. The zero-order valence-corrected chi connectivity index (χ0v) is 14.2. The van der Waals surface area contributed by atoms with Crippen LogP contribution in [0.4, 0.5) is 0 Å². The Bertz CT molecular complexity index is 686. The maximum atomic E-state index is 12.6. The molecule has 0 aromatic carbocycles. The van der Waals surface area contributed by atoms with E-state index in [1.807, 2.05) is 24.9 Å². The molecule has 2 aromatic rings. The molecule has 1 N–H and O–H groups in total. The van der Waals surface area contributed by atoms with Crippen LogP contribution in [-0.4, -0.2) is 50.7 Å². The predicted molar refractivity (Wildman–Crippen MR) is 88.6 cm³/mol. The summed E-state index contributed by atoms with van der Waals surface area (Å²) in [5.74, 6) is 0.987. The second kappa shape index (κ2) is 7.53. The van der Waals surface area contributed by atoms with E-state index in [1.165, 1.54) is 0 Å². The number of ether oxygens (including phenoxy) is 1. The van der Waals surface area contributed by atoms with Gasteiger partial charge in [0.2, 0.25) is 0 Å². The van der Waals surface area contributed by atoms with Crippen LogP contribution in [0.5, 0.6) is 0 Å². The molecule has 1 unspecified atom stereocenters. The van der Waals surface area contributed by atoms with Gasteiger partial charge in [0, 0.05) is 43.6 Å².